The van der Waals surface area contributed by atoms with Crippen molar-refractivity contribution in [2.24, 2.45) is 0 Å². The fourth-order valence-corrected chi connectivity index (χ4v) is 3.17. The van der Waals surface area contributed by atoms with Crippen LogP contribution < -0.4 is 4.74 Å². The van der Waals surface area contributed by atoms with Gasteiger partial charge in [-0.05, 0) is 47.5 Å². The molecule has 0 fully saturated rings. The molecule has 2 rings (SSSR count). The number of amides is 1. The summed E-state index contributed by atoms with van der Waals surface area (Å²) in [6.07, 6.45) is 4.07. The summed E-state index contributed by atoms with van der Waals surface area (Å²) in [5.41, 5.74) is 1.38. The third-order valence-electron chi connectivity index (χ3n) is 3.61. The number of aromatic nitrogens is 1. The molecular weight excluding hydrogens is 427 g/mol. The van der Waals surface area contributed by atoms with E-state index in [1.54, 1.807) is 35.5 Å². The molecular formula is C18H19BrCl2N2O2. The van der Waals surface area contributed by atoms with Crippen LogP contribution in [0.15, 0.2) is 35.1 Å². The standard InChI is InChI=1S/C18H19BrCl2N2O2/c1-3-4-23(18(24)13-7-14(19)11-22-10-13)5-6-25-17-9-15(20)8-16(21)12(17)2/h7-11H,3-6H2,1-2H3. The van der Waals surface area contributed by atoms with Gasteiger partial charge in [0.1, 0.15) is 12.4 Å². The first-order valence-corrected chi connectivity index (χ1v) is 9.45. The van der Waals surface area contributed by atoms with Gasteiger partial charge < -0.3 is 9.64 Å². The normalized spacial score (nSPS) is 10.6. The van der Waals surface area contributed by atoms with Crippen LogP contribution >= 0.6 is 39.1 Å². The van der Waals surface area contributed by atoms with Crippen LogP contribution in [-0.4, -0.2) is 35.5 Å². The molecule has 0 radical (unpaired) electrons. The Balaban J connectivity index is 2.04. The Morgan fingerprint density at radius 2 is 2.00 bits per heavy atom. The Morgan fingerprint density at radius 1 is 1.24 bits per heavy atom. The van der Waals surface area contributed by atoms with Gasteiger partial charge in [0.25, 0.3) is 5.91 Å². The van der Waals surface area contributed by atoms with Crippen molar-refractivity contribution >= 4 is 45.0 Å². The van der Waals surface area contributed by atoms with Gasteiger partial charge in [-0.3, -0.25) is 9.78 Å². The third-order valence-corrected chi connectivity index (χ3v) is 4.66. The lowest BCUT2D eigenvalue weighted by Gasteiger charge is -2.22. The Bertz CT molecular complexity index is 756. The predicted molar refractivity (Wildman–Crippen MR) is 105 cm³/mol. The highest BCUT2D eigenvalue weighted by molar-refractivity contribution is 9.10. The van der Waals surface area contributed by atoms with Crippen LogP contribution in [0.5, 0.6) is 5.75 Å². The van der Waals surface area contributed by atoms with Crippen LogP contribution in [0.3, 0.4) is 0 Å². The van der Waals surface area contributed by atoms with Crippen molar-refractivity contribution in [3.63, 3.8) is 0 Å². The molecule has 1 amide bonds. The minimum Gasteiger partial charge on any atom is -0.491 e. The first-order chi connectivity index (χ1) is 11.9. The van der Waals surface area contributed by atoms with Gasteiger partial charge in [0, 0.05) is 39.0 Å². The van der Waals surface area contributed by atoms with E-state index in [2.05, 4.69) is 20.9 Å². The van der Waals surface area contributed by atoms with Gasteiger partial charge >= 0.3 is 0 Å². The molecule has 1 aromatic heterocycles. The van der Waals surface area contributed by atoms with E-state index in [0.717, 1.165) is 16.5 Å². The van der Waals surface area contributed by atoms with Crippen LogP contribution in [0, 0.1) is 6.92 Å². The summed E-state index contributed by atoms with van der Waals surface area (Å²) in [6, 6.07) is 5.17. The number of ether oxygens (including phenoxy) is 1. The molecule has 0 N–H and O–H groups in total. The van der Waals surface area contributed by atoms with Gasteiger partial charge in [0.2, 0.25) is 0 Å². The highest BCUT2D eigenvalue weighted by atomic mass is 79.9. The summed E-state index contributed by atoms with van der Waals surface area (Å²) in [5.74, 6) is 0.561. The van der Waals surface area contributed by atoms with Crippen molar-refractivity contribution in [2.45, 2.75) is 20.3 Å². The van der Waals surface area contributed by atoms with Crippen LogP contribution in [0.1, 0.15) is 29.3 Å². The summed E-state index contributed by atoms with van der Waals surface area (Å²) in [5, 5.41) is 1.08. The van der Waals surface area contributed by atoms with E-state index in [0.29, 0.717) is 41.1 Å². The fourth-order valence-electron chi connectivity index (χ4n) is 2.33. The smallest absolute Gasteiger partial charge is 0.255 e. The molecule has 0 atom stereocenters. The maximum Gasteiger partial charge on any atom is 0.255 e. The molecule has 134 valence electrons. The molecule has 0 spiro atoms. The van der Waals surface area contributed by atoms with E-state index in [-0.39, 0.29) is 5.91 Å². The number of nitrogens with zero attached hydrogens (tertiary/aromatic N) is 2. The van der Waals surface area contributed by atoms with E-state index in [1.165, 1.54) is 0 Å². The van der Waals surface area contributed by atoms with Gasteiger partial charge in [0.05, 0.1) is 12.1 Å². The molecule has 4 nitrogen and oxygen atoms in total. The number of benzene rings is 1. The van der Waals surface area contributed by atoms with Crippen LogP contribution in [0.4, 0.5) is 0 Å². The van der Waals surface area contributed by atoms with Crippen LogP contribution in [0.2, 0.25) is 10.0 Å². The average molecular weight is 446 g/mol. The molecule has 1 aromatic carbocycles. The van der Waals surface area contributed by atoms with Gasteiger partial charge in [-0.15, -0.1) is 0 Å². The number of hydrogen-bond donors (Lipinski definition) is 0. The second-order valence-corrected chi connectivity index (χ2v) is 7.30. The maximum atomic E-state index is 12.7. The van der Waals surface area contributed by atoms with Crippen molar-refractivity contribution in [3.8, 4) is 5.75 Å². The van der Waals surface area contributed by atoms with Crippen LogP contribution in [0.25, 0.3) is 0 Å². The molecule has 25 heavy (non-hydrogen) atoms. The van der Waals surface area contributed by atoms with Gasteiger partial charge in [-0.2, -0.15) is 0 Å². The van der Waals surface area contributed by atoms with Crippen molar-refractivity contribution < 1.29 is 9.53 Å². The SMILES string of the molecule is CCCN(CCOc1cc(Cl)cc(Cl)c1C)C(=O)c1cncc(Br)c1. The molecule has 7 heteroatoms. The molecule has 0 bridgehead atoms. The Kier molecular flexibility index (Phi) is 7.54. The van der Waals surface area contributed by atoms with E-state index < -0.39 is 0 Å². The fraction of sp³-hybridized carbons (Fsp3) is 0.333. The lowest BCUT2D eigenvalue weighted by molar-refractivity contribution is 0.0729. The summed E-state index contributed by atoms with van der Waals surface area (Å²) >= 11 is 15.5. The van der Waals surface area contributed by atoms with Gasteiger partial charge in [0.15, 0.2) is 0 Å². The molecule has 0 saturated heterocycles. The number of rotatable bonds is 7. The maximum absolute atomic E-state index is 12.7. The van der Waals surface area contributed by atoms with Gasteiger partial charge in [-0.1, -0.05) is 30.1 Å². The number of carbonyl (C=O) groups excluding carboxylic acids is 1. The third kappa shape index (κ3) is 5.59. The number of halogens is 3. The highest BCUT2D eigenvalue weighted by Crippen LogP contribution is 2.30. The summed E-state index contributed by atoms with van der Waals surface area (Å²) in [6.45, 7) is 5.36. The van der Waals surface area contributed by atoms with Crippen molar-refractivity contribution in [1.29, 1.82) is 0 Å². The van der Waals surface area contributed by atoms with Crippen molar-refractivity contribution in [2.75, 3.05) is 19.7 Å². The minimum absolute atomic E-state index is 0.0694. The number of carbonyl (C=O) groups is 1. The number of pyridine rings is 1. The quantitative estimate of drug-likeness (QED) is 0.573. The molecule has 0 saturated carbocycles. The monoisotopic (exact) mass is 444 g/mol. The zero-order valence-electron chi connectivity index (χ0n) is 14.1. The zero-order chi connectivity index (χ0) is 18.4. The Morgan fingerprint density at radius 3 is 2.68 bits per heavy atom. The summed E-state index contributed by atoms with van der Waals surface area (Å²) in [7, 11) is 0. The molecule has 0 aliphatic carbocycles. The molecule has 0 unspecified atom stereocenters. The van der Waals surface area contributed by atoms with Crippen molar-refractivity contribution in [1.82, 2.24) is 9.88 Å². The lowest BCUT2D eigenvalue weighted by atomic mass is 10.2. The van der Waals surface area contributed by atoms with E-state index >= 15 is 0 Å². The molecule has 1 heterocycles. The second kappa shape index (κ2) is 9.41. The molecule has 0 aliphatic heterocycles. The predicted octanol–water partition coefficient (Wildman–Crippen LogP) is 5.39. The highest BCUT2D eigenvalue weighted by Gasteiger charge is 2.16. The second-order valence-electron chi connectivity index (χ2n) is 5.54. The minimum atomic E-state index is -0.0694. The van der Waals surface area contributed by atoms with Gasteiger partial charge in [-0.25, -0.2) is 0 Å². The Labute approximate surface area is 166 Å². The lowest BCUT2D eigenvalue weighted by Crippen LogP contribution is -2.35. The number of hydrogen-bond acceptors (Lipinski definition) is 3. The van der Waals surface area contributed by atoms with Crippen LogP contribution in [-0.2, 0) is 0 Å². The first-order valence-electron chi connectivity index (χ1n) is 7.90. The summed E-state index contributed by atoms with van der Waals surface area (Å²) < 4.78 is 6.57. The average Bonchev–Trinajstić information content (AvgIpc) is 2.57. The topological polar surface area (TPSA) is 42.4 Å². The molecule has 0 aliphatic rings. The van der Waals surface area contributed by atoms with E-state index in [9.17, 15) is 4.79 Å². The Hall–Kier alpha value is -1.30. The first kappa shape index (κ1) is 20.0. The zero-order valence-corrected chi connectivity index (χ0v) is 17.2. The van der Waals surface area contributed by atoms with E-state index in [1.807, 2.05) is 13.8 Å². The summed E-state index contributed by atoms with van der Waals surface area (Å²) in [4.78, 5) is 18.5. The largest absolute Gasteiger partial charge is 0.491 e. The van der Waals surface area contributed by atoms with Crippen molar-refractivity contribution in [3.05, 3.63) is 56.2 Å². The van der Waals surface area contributed by atoms with E-state index in [4.69, 9.17) is 27.9 Å². The molecule has 2 aromatic rings.